The van der Waals surface area contributed by atoms with Gasteiger partial charge in [-0.1, -0.05) is 27.2 Å². The number of carbonyl (C=O) groups excluding carboxylic acids is 2. The summed E-state index contributed by atoms with van der Waals surface area (Å²) < 4.78 is 0. The monoisotopic (exact) mass is 291 g/mol. The van der Waals surface area contributed by atoms with Crippen molar-refractivity contribution in [3.8, 4) is 0 Å². The molecule has 0 bridgehead atoms. The van der Waals surface area contributed by atoms with E-state index in [1.54, 1.807) is 0 Å². The smallest absolute Gasteiger partial charge is 0.240 e. The van der Waals surface area contributed by atoms with Crippen LogP contribution in [0.1, 0.15) is 46.5 Å². The van der Waals surface area contributed by atoms with Crippen LogP contribution in [0.25, 0.3) is 0 Å². The number of amides is 2. The molecule has 0 unspecified atom stereocenters. The van der Waals surface area contributed by atoms with Crippen LogP contribution in [0.2, 0.25) is 0 Å². The van der Waals surface area contributed by atoms with Gasteiger partial charge in [-0.2, -0.15) is 0 Å². The van der Waals surface area contributed by atoms with Crippen molar-refractivity contribution in [2.45, 2.75) is 58.5 Å². The highest BCUT2D eigenvalue weighted by Gasteiger charge is 2.32. The highest BCUT2D eigenvalue weighted by Crippen LogP contribution is 2.27. The van der Waals surface area contributed by atoms with Gasteiger partial charge in [0.25, 0.3) is 0 Å². The molecule has 1 rings (SSSR count). The van der Waals surface area contributed by atoms with Gasteiger partial charge in [-0.05, 0) is 24.2 Å². The van der Waals surface area contributed by atoms with Gasteiger partial charge in [0.05, 0.1) is 0 Å². The molecule has 0 aromatic rings. The van der Waals surface area contributed by atoms with Crippen LogP contribution in [0.4, 0.5) is 0 Å². The number of nitrogens with one attached hydrogen (secondary N) is 1. The van der Waals surface area contributed by atoms with Gasteiger partial charge in [0, 0.05) is 12.5 Å². The number of rotatable bonds is 4. The van der Waals surface area contributed by atoms with Crippen LogP contribution in [0.3, 0.4) is 0 Å². The first-order chi connectivity index (χ1) is 8.21. The number of halogens is 1. The molecule has 1 aliphatic carbocycles. The van der Waals surface area contributed by atoms with Gasteiger partial charge in [0.2, 0.25) is 11.8 Å². The lowest BCUT2D eigenvalue weighted by Crippen LogP contribution is -2.52. The Bertz CT molecular complexity index is 328. The molecule has 2 amide bonds. The Labute approximate surface area is 121 Å². The van der Waals surface area contributed by atoms with Crippen molar-refractivity contribution in [2.75, 3.05) is 0 Å². The highest BCUT2D eigenvalue weighted by atomic mass is 35.5. The predicted molar refractivity (Wildman–Crippen MR) is 77.8 cm³/mol. The lowest BCUT2D eigenvalue weighted by molar-refractivity contribution is -0.130. The third-order valence-electron chi connectivity index (χ3n) is 3.62. The van der Waals surface area contributed by atoms with E-state index >= 15 is 0 Å². The van der Waals surface area contributed by atoms with Gasteiger partial charge >= 0.3 is 0 Å². The summed E-state index contributed by atoms with van der Waals surface area (Å²) >= 11 is 0. The standard InChI is InChI=1S/C13H25N3O2.ClH/c1-13(2,3)11(12(15)18)16-10(17)7-8-5-4-6-9(8)14;/h8-9,11H,4-7,14H2,1-3H3,(H2,15,18)(H,16,17);1H/t8-,9+,11+;/m0./s1. The van der Waals surface area contributed by atoms with E-state index in [1.807, 2.05) is 20.8 Å². The Morgan fingerprint density at radius 1 is 1.32 bits per heavy atom. The molecule has 0 heterocycles. The molecular formula is C13H26ClN3O2. The maximum absolute atomic E-state index is 11.9. The van der Waals surface area contributed by atoms with Crippen LogP contribution in [0.5, 0.6) is 0 Å². The number of nitrogens with two attached hydrogens (primary N) is 2. The molecule has 5 nitrogen and oxygen atoms in total. The first-order valence-corrected chi connectivity index (χ1v) is 6.56. The number of carbonyl (C=O) groups is 2. The minimum absolute atomic E-state index is 0. The summed E-state index contributed by atoms with van der Waals surface area (Å²) in [5.41, 5.74) is 10.9. The van der Waals surface area contributed by atoms with Crippen LogP contribution in [-0.2, 0) is 9.59 Å². The van der Waals surface area contributed by atoms with Crippen molar-refractivity contribution in [1.82, 2.24) is 5.32 Å². The number of primary amides is 1. The zero-order valence-corrected chi connectivity index (χ0v) is 12.8. The minimum atomic E-state index is -0.636. The van der Waals surface area contributed by atoms with Gasteiger partial charge in [0.1, 0.15) is 6.04 Å². The van der Waals surface area contributed by atoms with Gasteiger partial charge in [-0.15, -0.1) is 12.4 Å². The van der Waals surface area contributed by atoms with Gasteiger partial charge < -0.3 is 16.8 Å². The third-order valence-corrected chi connectivity index (χ3v) is 3.62. The maximum atomic E-state index is 11.9. The normalized spacial score (nSPS) is 24.4. The topological polar surface area (TPSA) is 98.2 Å². The molecule has 1 aliphatic rings. The molecule has 3 atom stereocenters. The average molecular weight is 292 g/mol. The van der Waals surface area contributed by atoms with E-state index in [0.717, 1.165) is 19.3 Å². The molecule has 0 saturated heterocycles. The molecule has 1 fully saturated rings. The van der Waals surface area contributed by atoms with E-state index < -0.39 is 11.9 Å². The lowest BCUT2D eigenvalue weighted by atomic mass is 9.86. The van der Waals surface area contributed by atoms with Crippen molar-refractivity contribution in [2.24, 2.45) is 22.8 Å². The van der Waals surface area contributed by atoms with Crippen molar-refractivity contribution >= 4 is 24.2 Å². The Balaban J connectivity index is 0.00000324. The molecule has 19 heavy (non-hydrogen) atoms. The molecule has 112 valence electrons. The van der Waals surface area contributed by atoms with E-state index in [1.165, 1.54) is 0 Å². The van der Waals surface area contributed by atoms with Crippen molar-refractivity contribution < 1.29 is 9.59 Å². The van der Waals surface area contributed by atoms with Crippen molar-refractivity contribution in [3.05, 3.63) is 0 Å². The maximum Gasteiger partial charge on any atom is 0.240 e. The fourth-order valence-corrected chi connectivity index (χ4v) is 2.49. The summed E-state index contributed by atoms with van der Waals surface area (Å²) in [7, 11) is 0. The molecule has 0 spiro atoms. The van der Waals surface area contributed by atoms with Gasteiger partial charge in [0.15, 0.2) is 0 Å². The highest BCUT2D eigenvalue weighted by molar-refractivity contribution is 5.87. The van der Waals surface area contributed by atoms with Crippen LogP contribution in [0, 0.1) is 11.3 Å². The SMILES string of the molecule is CC(C)(C)[C@H](NC(=O)C[C@@H]1CCC[C@H]1N)C(N)=O.Cl. The first-order valence-electron chi connectivity index (χ1n) is 6.56. The summed E-state index contributed by atoms with van der Waals surface area (Å²) in [6, 6.07) is -0.528. The summed E-state index contributed by atoms with van der Waals surface area (Å²) in [5.74, 6) is -0.388. The second kappa shape index (κ2) is 7.10. The molecule has 0 aromatic heterocycles. The number of hydrogen-bond donors (Lipinski definition) is 3. The molecule has 0 aliphatic heterocycles. The second-order valence-electron chi connectivity index (χ2n) is 6.33. The quantitative estimate of drug-likeness (QED) is 0.719. The molecule has 5 N–H and O–H groups in total. The predicted octanol–water partition coefficient (Wildman–Crippen LogP) is 0.942. The Morgan fingerprint density at radius 2 is 1.89 bits per heavy atom. The van der Waals surface area contributed by atoms with Crippen LogP contribution < -0.4 is 16.8 Å². The van der Waals surface area contributed by atoms with E-state index in [2.05, 4.69) is 5.32 Å². The number of hydrogen-bond acceptors (Lipinski definition) is 3. The Morgan fingerprint density at radius 3 is 2.26 bits per heavy atom. The second-order valence-corrected chi connectivity index (χ2v) is 6.33. The molecule has 1 saturated carbocycles. The summed E-state index contributed by atoms with van der Waals surface area (Å²) in [4.78, 5) is 23.3. The minimum Gasteiger partial charge on any atom is -0.368 e. The Kier molecular flexibility index (Phi) is 6.80. The van der Waals surface area contributed by atoms with Gasteiger partial charge in [-0.25, -0.2) is 0 Å². The lowest BCUT2D eigenvalue weighted by Gasteiger charge is -2.29. The van der Waals surface area contributed by atoms with E-state index in [0.29, 0.717) is 6.42 Å². The molecular weight excluding hydrogens is 266 g/mol. The molecule has 0 radical (unpaired) electrons. The Hall–Kier alpha value is -0.810. The van der Waals surface area contributed by atoms with E-state index in [-0.39, 0.29) is 35.7 Å². The van der Waals surface area contributed by atoms with E-state index in [4.69, 9.17) is 11.5 Å². The van der Waals surface area contributed by atoms with Crippen LogP contribution in [0.15, 0.2) is 0 Å². The molecule has 0 aromatic carbocycles. The largest absolute Gasteiger partial charge is 0.368 e. The molecule has 6 heteroatoms. The third kappa shape index (κ3) is 5.37. The fourth-order valence-electron chi connectivity index (χ4n) is 2.49. The zero-order chi connectivity index (χ0) is 13.9. The zero-order valence-electron chi connectivity index (χ0n) is 11.9. The first kappa shape index (κ1) is 18.2. The van der Waals surface area contributed by atoms with Gasteiger partial charge in [-0.3, -0.25) is 9.59 Å². The summed E-state index contributed by atoms with van der Waals surface area (Å²) in [6.07, 6.45) is 3.44. The fraction of sp³-hybridized carbons (Fsp3) is 0.846. The van der Waals surface area contributed by atoms with E-state index in [9.17, 15) is 9.59 Å². The van der Waals surface area contributed by atoms with Crippen molar-refractivity contribution in [3.63, 3.8) is 0 Å². The summed E-state index contributed by atoms with van der Waals surface area (Å²) in [6.45, 7) is 5.64. The van der Waals surface area contributed by atoms with Crippen molar-refractivity contribution in [1.29, 1.82) is 0 Å². The average Bonchev–Trinajstić information content (AvgIpc) is 2.59. The summed E-state index contributed by atoms with van der Waals surface area (Å²) in [5, 5.41) is 2.73. The van der Waals surface area contributed by atoms with Crippen LogP contribution >= 0.6 is 12.4 Å². The van der Waals surface area contributed by atoms with Crippen LogP contribution in [-0.4, -0.2) is 23.9 Å².